The topological polar surface area (TPSA) is 69.6 Å². The summed E-state index contributed by atoms with van der Waals surface area (Å²) in [6.45, 7) is 0.114. The van der Waals surface area contributed by atoms with Gasteiger partial charge in [-0.15, -0.1) is 11.3 Å². The summed E-state index contributed by atoms with van der Waals surface area (Å²) in [6.07, 6.45) is -0.703. The molecule has 20 heavy (non-hydrogen) atoms. The summed E-state index contributed by atoms with van der Waals surface area (Å²) in [6, 6.07) is 10.1. The maximum atomic E-state index is 11.7. The zero-order valence-electron chi connectivity index (χ0n) is 10.5. The molecule has 3 N–H and O–H groups in total. The van der Waals surface area contributed by atoms with Gasteiger partial charge in [-0.1, -0.05) is 29.8 Å². The van der Waals surface area contributed by atoms with E-state index in [-0.39, 0.29) is 24.6 Å². The first-order valence-corrected chi connectivity index (χ1v) is 7.22. The number of aliphatic hydroxyl groups excluding tert-OH is 1. The summed E-state index contributed by atoms with van der Waals surface area (Å²) < 4.78 is 0.597. The summed E-state index contributed by atoms with van der Waals surface area (Å²) in [5, 5.41) is 22.1. The van der Waals surface area contributed by atoms with Crippen molar-refractivity contribution in [1.29, 1.82) is 0 Å². The van der Waals surface area contributed by atoms with Crippen LogP contribution in [0.1, 0.15) is 16.5 Å². The first-order valence-electron chi connectivity index (χ1n) is 6.03. The van der Waals surface area contributed by atoms with Gasteiger partial charge in [0.1, 0.15) is 11.9 Å². The van der Waals surface area contributed by atoms with Crippen LogP contribution < -0.4 is 5.32 Å². The van der Waals surface area contributed by atoms with Gasteiger partial charge in [-0.05, 0) is 18.2 Å². The molecule has 0 bridgehead atoms. The second-order valence-electron chi connectivity index (χ2n) is 4.27. The van der Waals surface area contributed by atoms with Crippen molar-refractivity contribution >= 4 is 28.8 Å². The predicted octanol–water partition coefficient (Wildman–Crippen LogP) is 2.50. The van der Waals surface area contributed by atoms with Crippen molar-refractivity contribution in [1.82, 2.24) is 5.32 Å². The van der Waals surface area contributed by atoms with E-state index in [1.54, 1.807) is 30.3 Å². The number of hydrogen-bond acceptors (Lipinski definition) is 4. The third-order valence-corrected chi connectivity index (χ3v) is 4.09. The smallest absolute Gasteiger partial charge is 0.224 e. The molecular formula is C14H14ClNO3S. The van der Waals surface area contributed by atoms with Gasteiger partial charge in [-0.3, -0.25) is 4.79 Å². The van der Waals surface area contributed by atoms with Crippen molar-refractivity contribution in [3.05, 3.63) is 51.2 Å². The summed E-state index contributed by atoms with van der Waals surface area (Å²) in [5.74, 6) is -0.165. The Morgan fingerprint density at radius 1 is 1.30 bits per heavy atom. The quantitative estimate of drug-likeness (QED) is 0.794. The molecule has 4 nitrogen and oxygen atoms in total. The number of thiophene rings is 1. The molecular weight excluding hydrogens is 298 g/mol. The number of benzene rings is 1. The van der Waals surface area contributed by atoms with Gasteiger partial charge in [0.15, 0.2) is 0 Å². The monoisotopic (exact) mass is 311 g/mol. The van der Waals surface area contributed by atoms with Crippen molar-refractivity contribution in [3.8, 4) is 5.75 Å². The van der Waals surface area contributed by atoms with Gasteiger partial charge in [-0.2, -0.15) is 0 Å². The van der Waals surface area contributed by atoms with Crippen molar-refractivity contribution < 1.29 is 15.0 Å². The van der Waals surface area contributed by atoms with Crippen LogP contribution in [-0.2, 0) is 11.2 Å². The maximum absolute atomic E-state index is 11.7. The molecule has 0 aliphatic carbocycles. The van der Waals surface area contributed by atoms with Gasteiger partial charge in [0.2, 0.25) is 5.91 Å². The lowest BCUT2D eigenvalue weighted by Gasteiger charge is -2.10. The van der Waals surface area contributed by atoms with E-state index in [9.17, 15) is 15.0 Å². The minimum Gasteiger partial charge on any atom is -0.508 e. The Labute approximate surface area is 125 Å². The van der Waals surface area contributed by atoms with Gasteiger partial charge >= 0.3 is 0 Å². The highest BCUT2D eigenvalue weighted by molar-refractivity contribution is 7.16. The largest absolute Gasteiger partial charge is 0.508 e. The average molecular weight is 312 g/mol. The van der Waals surface area contributed by atoms with E-state index in [2.05, 4.69) is 5.32 Å². The van der Waals surface area contributed by atoms with E-state index in [4.69, 9.17) is 11.6 Å². The van der Waals surface area contributed by atoms with Crippen molar-refractivity contribution in [2.75, 3.05) is 6.54 Å². The number of carbonyl (C=O) groups is 1. The number of rotatable bonds is 5. The maximum Gasteiger partial charge on any atom is 0.224 e. The molecule has 106 valence electrons. The minimum atomic E-state index is -0.777. The highest BCUT2D eigenvalue weighted by Crippen LogP contribution is 2.26. The predicted molar refractivity (Wildman–Crippen MR) is 79.1 cm³/mol. The number of nitrogens with one attached hydrogen (secondary N) is 1. The van der Waals surface area contributed by atoms with Crippen LogP contribution in [-0.4, -0.2) is 22.7 Å². The molecule has 0 aliphatic heterocycles. The average Bonchev–Trinajstić information content (AvgIpc) is 2.85. The third-order valence-electron chi connectivity index (χ3n) is 2.76. The van der Waals surface area contributed by atoms with Crippen molar-refractivity contribution in [3.63, 3.8) is 0 Å². The Morgan fingerprint density at radius 2 is 2.05 bits per heavy atom. The lowest BCUT2D eigenvalue weighted by atomic mass is 10.1. The zero-order chi connectivity index (χ0) is 14.5. The second kappa shape index (κ2) is 6.74. The highest BCUT2D eigenvalue weighted by Gasteiger charge is 2.12. The van der Waals surface area contributed by atoms with E-state index in [1.165, 1.54) is 17.4 Å². The van der Waals surface area contributed by atoms with Crippen LogP contribution in [0.2, 0.25) is 4.34 Å². The standard InChI is InChI=1S/C14H14ClNO3S/c15-13-6-5-12(20-13)11(18)8-16-14(19)7-9-3-1-2-4-10(9)17/h1-6,11,17-18H,7-8H2,(H,16,19). The fourth-order valence-electron chi connectivity index (χ4n) is 1.71. The number of halogens is 1. The van der Waals surface area contributed by atoms with Gasteiger partial charge in [-0.25, -0.2) is 0 Å². The Morgan fingerprint density at radius 3 is 2.70 bits per heavy atom. The molecule has 1 unspecified atom stereocenters. The van der Waals surface area contributed by atoms with Crippen molar-refractivity contribution in [2.45, 2.75) is 12.5 Å². The molecule has 6 heteroatoms. The highest BCUT2D eigenvalue weighted by atomic mass is 35.5. The van der Waals surface area contributed by atoms with Gasteiger partial charge < -0.3 is 15.5 Å². The molecule has 0 fully saturated rings. The Hall–Kier alpha value is -1.56. The first kappa shape index (κ1) is 14.8. The molecule has 0 radical (unpaired) electrons. The van der Waals surface area contributed by atoms with Crippen molar-refractivity contribution in [2.24, 2.45) is 0 Å². The van der Waals surface area contributed by atoms with Gasteiger partial charge in [0, 0.05) is 17.0 Å². The molecule has 2 rings (SSSR count). The fourth-order valence-corrected chi connectivity index (χ4v) is 2.76. The molecule has 2 aromatic rings. The van der Waals surface area contributed by atoms with Gasteiger partial charge in [0.05, 0.1) is 10.8 Å². The first-order chi connectivity index (χ1) is 9.56. The van der Waals surface area contributed by atoms with E-state index < -0.39 is 6.10 Å². The second-order valence-corrected chi connectivity index (χ2v) is 6.01. The van der Waals surface area contributed by atoms with Crippen LogP contribution >= 0.6 is 22.9 Å². The molecule has 1 atom stereocenters. The number of aromatic hydroxyl groups is 1. The fraction of sp³-hybridized carbons (Fsp3) is 0.214. The number of phenols is 1. The number of phenolic OH excluding ortho intramolecular Hbond substituents is 1. The number of amides is 1. The third kappa shape index (κ3) is 3.96. The summed E-state index contributed by atoms with van der Waals surface area (Å²) in [7, 11) is 0. The minimum absolute atomic E-state index is 0.0740. The number of aliphatic hydroxyl groups is 1. The molecule has 0 saturated heterocycles. The van der Waals surface area contributed by atoms with E-state index in [0.29, 0.717) is 14.8 Å². The number of para-hydroxylation sites is 1. The molecule has 0 aliphatic rings. The molecule has 1 amide bonds. The van der Waals surface area contributed by atoms with E-state index in [0.717, 1.165) is 0 Å². The van der Waals surface area contributed by atoms with Crippen LogP contribution in [0.3, 0.4) is 0 Å². The summed E-state index contributed by atoms with van der Waals surface area (Å²) in [4.78, 5) is 12.5. The molecule has 1 aromatic heterocycles. The molecule has 0 saturated carbocycles. The van der Waals surface area contributed by atoms with E-state index in [1.807, 2.05) is 0 Å². The van der Waals surface area contributed by atoms with E-state index >= 15 is 0 Å². The summed E-state index contributed by atoms with van der Waals surface area (Å²) >= 11 is 7.06. The Kier molecular flexibility index (Phi) is 5.00. The van der Waals surface area contributed by atoms with Crippen LogP contribution in [0, 0.1) is 0 Å². The van der Waals surface area contributed by atoms with Crippen LogP contribution in [0.25, 0.3) is 0 Å². The Bertz CT molecular complexity index is 600. The molecule has 0 spiro atoms. The molecule has 1 aromatic carbocycles. The normalized spacial score (nSPS) is 12.1. The number of hydrogen-bond donors (Lipinski definition) is 3. The van der Waals surface area contributed by atoms with Crippen LogP contribution in [0.15, 0.2) is 36.4 Å². The number of carbonyl (C=O) groups excluding carboxylic acids is 1. The van der Waals surface area contributed by atoms with Crippen LogP contribution in [0.4, 0.5) is 0 Å². The SMILES string of the molecule is O=C(Cc1ccccc1O)NCC(O)c1ccc(Cl)s1. The lowest BCUT2D eigenvalue weighted by molar-refractivity contribution is -0.120. The van der Waals surface area contributed by atoms with Crippen LogP contribution in [0.5, 0.6) is 5.75 Å². The van der Waals surface area contributed by atoms with Gasteiger partial charge in [0.25, 0.3) is 0 Å². The zero-order valence-corrected chi connectivity index (χ0v) is 12.1. The Balaban J connectivity index is 1.85. The lowest BCUT2D eigenvalue weighted by Crippen LogP contribution is -2.29. The molecule has 1 heterocycles. The summed E-state index contributed by atoms with van der Waals surface area (Å²) in [5.41, 5.74) is 0.554.